The standard InChI is InChI=1S/C26H30N2O4/c1-27(2)19-8-5-17(6-9-19)25(29)31-20-11-12-26-13-14-28(3)16-18-7-10-21(30-4)24(23(18)26)32-22(26)15-20/h5-12,20,22H,13-16H2,1-4H3/t20-,22-,26-/m0/s1. The lowest BCUT2D eigenvalue weighted by Gasteiger charge is -2.36. The molecule has 32 heavy (non-hydrogen) atoms. The first-order chi connectivity index (χ1) is 15.4. The monoisotopic (exact) mass is 434 g/mol. The predicted molar refractivity (Wildman–Crippen MR) is 124 cm³/mol. The van der Waals surface area contributed by atoms with E-state index in [1.165, 1.54) is 11.1 Å². The van der Waals surface area contributed by atoms with Crippen molar-refractivity contribution in [3.8, 4) is 11.5 Å². The second kappa shape index (κ2) is 7.85. The molecule has 0 unspecified atom stereocenters. The Kier molecular flexibility index (Phi) is 5.13. The van der Waals surface area contributed by atoms with E-state index in [1.807, 2.05) is 49.3 Å². The molecule has 168 valence electrons. The molecule has 2 aromatic rings. The Labute approximate surface area is 189 Å². The van der Waals surface area contributed by atoms with Crippen LogP contribution in [0.5, 0.6) is 11.5 Å². The average Bonchev–Trinajstić information content (AvgIpc) is 3.05. The van der Waals surface area contributed by atoms with Crippen LogP contribution in [-0.4, -0.2) is 57.9 Å². The van der Waals surface area contributed by atoms with E-state index in [1.54, 1.807) is 7.11 Å². The summed E-state index contributed by atoms with van der Waals surface area (Å²) in [6.45, 7) is 1.86. The largest absolute Gasteiger partial charge is 0.493 e. The molecule has 3 aliphatic rings. The number of rotatable bonds is 4. The van der Waals surface area contributed by atoms with Gasteiger partial charge in [-0.1, -0.05) is 12.1 Å². The summed E-state index contributed by atoms with van der Waals surface area (Å²) < 4.78 is 18.0. The van der Waals surface area contributed by atoms with Crippen LogP contribution < -0.4 is 14.4 Å². The highest BCUT2D eigenvalue weighted by Crippen LogP contribution is 2.55. The van der Waals surface area contributed by atoms with E-state index in [2.05, 4.69) is 30.2 Å². The van der Waals surface area contributed by atoms with E-state index in [0.29, 0.717) is 12.0 Å². The normalized spacial score (nSPS) is 25.9. The molecule has 6 nitrogen and oxygen atoms in total. The van der Waals surface area contributed by atoms with E-state index in [9.17, 15) is 4.79 Å². The summed E-state index contributed by atoms with van der Waals surface area (Å²) in [4.78, 5) is 17.1. The van der Waals surface area contributed by atoms with Crippen molar-refractivity contribution < 1.29 is 19.0 Å². The van der Waals surface area contributed by atoms with E-state index >= 15 is 0 Å². The SMILES string of the molecule is COc1ccc2c3c1O[C@H]1C[C@@H](OC(=O)c4ccc(N(C)C)cc4)C=C[C@@]31CCN(C)C2. The third-order valence-electron chi connectivity index (χ3n) is 7.01. The minimum atomic E-state index is -0.323. The second-order valence-corrected chi connectivity index (χ2v) is 9.25. The smallest absolute Gasteiger partial charge is 0.338 e. The van der Waals surface area contributed by atoms with E-state index in [0.717, 1.165) is 36.7 Å². The van der Waals surface area contributed by atoms with Crippen LogP contribution in [0.3, 0.4) is 0 Å². The van der Waals surface area contributed by atoms with E-state index in [-0.39, 0.29) is 23.6 Å². The van der Waals surface area contributed by atoms with Crippen LogP contribution in [0.1, 0.15) is 34.3 Å². The first-order valence-corrected chi connectivity index (χ1v) is 11.1. The zero-order chi connectivity index (χ0) is 22.5. The average molecular weight is 435 g/mol. The molecule has 0 radical (unpaired) electrons. The van der Waals surface area contributed by atoms with Crippen LogP contribution >= 0.6 is 0 Å². The quantitative estimate of drug-likeness (QED) is 0.539. The Bertz CT molecular complexity index is 1060. The number of methoxy groups -OCH3 is 1. The highest BCUT2D eigenvalue weighted by molar-refractivity contribution is 5.90. The van der Waals surface area contributed by atoms with Crippen molar-refractivity contribution in [1.29, 1.82) is 0 Å². The maximum Gasteiger partial charge on any atom is 0.338 e. The van der Waals surface area contributed by atoms with Gasteiger partial charge in [0.15, 0.2) is 11.5 Å². The molecule has 2 aliphatic heterocycles. The molecule has 1 spiro atoms. The fourth-order valence-electron chi connectivity index (χ4n) is 5.25. The number of hydrogen-bond donors (Lipinski definition) is 0. The lowest BCUT2D eigenvalue weighted by Crippen LogP contribution is -2.43. The van der Waals surface area contributed by atoms with Gasteiger partial charge in [-0.15, -0.1) is 0 Å². The van der Waals surface area contributed by atoms with Gasteiger partial charge in [-0.2, -0.15) is 0 Å². The Balaban J connectivity index is 1.41. The zero-order valence-electron chi connectivity index (χ0n) is 19.1. The summed E-state index contributed by atoms with van der Waals surface area (Å²) >= 11 is 0. The lowest BCUT2D eigenvalue weighted by atomic mass is 9.69. The maximum atomic E-state index is 12.8. The fraction of sp³-hybridized carbons (Fsp3) is 0.423. The summed E-state index contributed by atoms with van der Waals surface area (Å²) in [5.41, 5.74) is 3.91. The number of nitrogens with zero attached hydrogens (tertiary/aromatic N) is 2. The minimum absolute atomic E-state index is 0.0852. The molecule has 0 saturated carbocycles. The van der Waals surface area contributed by atoms with Crippen LogP contribution in [-0.2, 0) is 16.7 Å². The Morgan fingerprint density at radius 2 is 1.97 bits per heavy atom. The summed E-state index contributed by atoms with van der Waals surface area (Å²) in [5.74, 6) is 1.31. The lowest BCUT2D eigenvalue weighted by molar-refractivity contribution is 0.0218. The van der Waals surface area contributed by atoms with Gasteiger partial charge in [0.1, 0.15) is 12.2 Å². The first kappa shape index (κ1) is 20.9. The van der Waals surface area contributed by atoms with Gasteiger partial charge in [-0.25, -0.2) is 4.79 Å². The van der Waals surface area contributed by atoms with E-state index in [4.69, 9.17) is 14.2 Å². The first-order valence-electron chi connectivity index (χ1n) is 11.1. The van der Waals surface area contributed by atoms with Gasteiger partial charge in [-0.3, -0.25) is 0 Å². The zero-order valence-corrected chi connectivity index (χ0v) is 19.1. The number of benzene rings is 2. The topological polar surface area (TPSA) is 51.2 Å². The summed E-state index contributed by atoms with van der Waals surface area (Å²) in [6.07, 6.45) is 5.45. The number of carbonyl (C=O) groups is 1. The molecule has 5 rings (SSSR count). The Morgan fingerprint density at radius 3 is 2.69 bits per heavy atom. The summed E-state index contributed by atoms with van der Waals surface area (Å²) in [5, 5.41) is 0. The van der Waals surface area contributed by atoms with Crippen LogP contribution in [0.2, 0.25) is 0 Å². The van der Waals surface area contributed by atoms with Crippen molar-refractivity contribution in [2.24, 2.45) is 0 Å². The van der Waals surface area contributed by atoms with Gasteiger partial charge in [0, 0.05) is 38.3 Å². The van der Waals surface area contributed by atoms with Crippen molar-refractivity contribution in [2.75, 3.05) is 39.7 Å². The van der Waals surface area contributed by atoms with Crippen molar-refractivity contribution in [3.63, 3.8) is 0 Å². The molecule has 0 fully saturated rings. The second-order valence-electron chi connectivity index (χ2n) is 9.25. The molecule has 2 heterocycles. The Hall–Kier alpha value is -2.99. The molecule has 3 atom stereocenters. The molecule has 2 aromatic carbocycles. The van der Waals surface area contributed by atoms with Crippen LogP contribution in [0.25, 0.3) is 0 Å². The van der Waals surface area contributed by atoms with Gasteiger partial charge in [0.05, 0.1) is 18.1 Å². The van der Waals surface area contributed by atoms with Gasteiger partial charge in [-0.05, 0) is 62.0 Å². The highest BCUT2D eigenvalue weighted by atomic mass is 16.6. The van der Waals surface area contributed by atoms with Crippen molar-refractivity contribution in [1.82, 2.24) is 4.90 Å². The third-order valence-corrected chi connectivity index (χ3v) is 7.01. The van der Waals surface area contributed by atoms with Crippen LogP contribution in [0.15, 0.2) is 48.6 Å². The van der Waals surface area contributed by atoms with Gasteiger partial charge < -0.3 is 24.0 Å². The summed E-state index contributed by atoms with van der Waals surface area (Å²) in [6, 6.07) is 11.6. The maximum absolute atomic E-state index is 12.8. The molecule has 0 bridgehead atoms. The molecule has 6 heteroatoms. The number of hydrogen-bond acceptors (Lipinski definition) is 6. The van der Waals surface area contributed by atoms with Crippen LogP contribution in [0, 0.1) is 0 Å². The molecular weight excluding hydrogens is 404 g/mol. The van der Waals surface area contributed by atoms with Crippen molar-refractivity contribution in [2.45, 2.75) is 37.0 Å². The third kappa shape index (κ3) is 3.34. The Morgan fingerprint density at radius 1 is 1.19 bits per heavy atom. The number of anilines is 1. The molecule has 0 amide bonds. The molecular formula is C26H30N2O4. The fourth-order valence-corrected chi connectivity index (χ4v) is 5.25. The molecule has 0 saturated heterocycles. The minimum Gasteiger partial charge on any atom is -0.493 e. The highest BCUT2D eigenvalue weighted by Gasteiger charge is 2.53. The molecule has 0 aromatic heterocycles. The van der Waals surface area contributed by atoms with Gasteiger partial charge in [0.2, 0.25) is 0 Å². The van der Waals surface area contributed by atoms with E-state index < -0.39 is 0 Å². The summed E-state index contributed by atoms with van der Waals surface area (Å²) in [7, 11) is 7.78. The van der Waals surface area contributed by atoms with Crippen LogP contribution in [0.4, 0.5) is 5.69 Å². The number of carbonyl (C=O) groups excluding carboxylic acids is 1. The van der Waals surface area contributed by atoms with Crippen molar-refractivity contribution in [3.05, 3.63) is 65.2 Å². The van der Waals surface area contributed by atoms with Gasteiger partial charge in [0.25, 0.3) is 0 Å². The van der Waals surface area contributed by atoms with Gasteiger partial charge >= 0.3 is 5.97 Å². The van der Waals surface area contributed by atoms with Crippen molar-refractivity contribution >= 4 is 11.7 Å². The predicted octanol–water partition coefficient (Wildman–Crippen LogP) is 3.78. The molecule has 1 aliphatic carbocycles. The molecule has 0 N–H and O–H groups in total. The number of esters is 1. The number of ether oxygens (including phenoxy) is 3.